The van der Waals surface area contributed by atoms with Gasteiger partial charge in [-0.25, -0.2) is 0 Å². The van der Waals surface area contributed by atoms with Crippen LogP contribution < -0.4 is 9.80 Å². The summed E-state index contributed by atoms with van der Waals surface area (Å²) in [5.74, 6) is 0.798. The Morgan fingerprint density at radius 3 is 2.33 bits per heavy atom. The highest BCUT2D eigenvalue weighted by molar-refractivity contribution is 6.04. The Hall–Kier alpha value is -1.51. The monoisotopic (exact) mass is 286 g/mol. The number of nitrogens with zero attached hydrogens (tertiary/aromatic N) is 2. The lowest BCUT2D eigenvalue weighted by Crippen LogP contribution is -2.69. The summed E-state index contributed by atoms with van der Waals surface area (Å²) in [5, 5.41) is 0. The van der Waals surface area contributed by atoms with Crippen molar-refractivity contribution in [1.29, 1.82) is 0 Å². The van der Waals surface area contributed by atoms with Crippen molar-refractivity contribution in [2.24, 2.45) is 11.8 Å². The molecule has 0 bridgehead atoms. The summed E-state index contributed by atoms with van der Waals surface area (Å²) in [7, 11) is 0. The van der Waals surface area contributed by atoms with Gasteiger partial charge >= 0.3 is 0 Å². The van der Waals surface area contributed by atoms with Gasteiger partial charge in [-0.05, 0) is 50.8 Å². The van der Waals surface area contributed by atoms with Gasteiger partial charge in [0.2, 0.25) is 5.91 Å². The summed E-state index contributed by atoms with van der Waals surface area (Å²) in [4.78, 5) is 17.0. The summed E-state index contributed by atoms with van der Waals surface area (Å²) in [5.41, 5.74) is 2.21. The Bertz CT molecular complexity index is 544. The average molecular weight is 286 g/mol. The minimum Gasteiger partial charge on any atom is -0.371 e. The number of amides is 1. The molecular weight excluding hydrogens is 260 g/mol. The third kappa shape index (κ3) is 2.23. The van der Waals surface area contributed by atoms with Gasteiger partial charge in [-0.2, -0.15) is 0 Å². The maximum absolute atomic E-state index is 12.6. The first-order valence-corrected chi connectivity index (χ1v) is 8.12. The number of β-lactam (4-membered cyclic amide) rings is 1. The number of hydrogen-bond donors (Lipinski definition) is 0. The Balaban J connectivity index is 1.87. The Morgan fingerprint density at radius 2 is 1.76 bits per heavy atom. The molecule has 2 fully saturated rings. The molecule has 1 unspecified atom stereocenters. The molecule has 0 saturated carbocycles. The minimum atomic E-state index is -0.0884. The van der Waals surface area contributed by atoms with Crippen LogP contribution in [0, 0.1) is 11.8 Å². The van der Waals surface area contributed by atoms with Crippen LogP contribution in [0.15, 0.2) is 24.3 Å². The van der Waals surface area contributed by atoms with E-state index in [0.717, 1.165) is 18.8 Å². The van der Waals surface area contributed by atoms with Gasteiger partial charge in [0.05, 0.1) is 11.5 Å². The standard InChI is InChI=1S/C18H26N2O/c1-13(2)16-17(21)20(18(16,3)4)15-9-7-8-14(12-15)19-10-5-6-11-19/h7-9,12-13,16H,5-6,10-11H2,1-4H3. The lowest BCUT2D eigenvalue weighted by atomic mass is 9.69. The molecule has 0 spiro atoms. The lowest BCUT2D eigenvalue weighted by molar-refractivity contribution is -0.136. The van der Waals surface area contributed by atoms with Gasteiger partial charge in [0, 0.05) is 24.5 Å². The van der Waals surface area contributed by atoms with E-state index in [9.17, 15) is 4.79 Å². The van der Waals surface area contributed by atoms with E-state index in [1.54, 1.807) is 0 Å². The molecule has 21 heavy (non-hydrogen) atoms. The molecule has 0 aliphatic carbocycles. The largest absolute Gasteiger partial charge is 0.371 e. The van der Waals surface area contributed by atoms with Crippen molar-refractivity contribution in [2.45, 2.75) is 46.1 Å². The molecular formula is C18H26N2O. The van der Waals surface area contributed by atoms with Gasteiger partial charge in [-0.15, -0.1) is 0 Å². The fraction of sp³-hybridized carbons (Fsp3) is 0.611. The van der Waals surface area contributed by atoms with Crippen LogP contribution in [0.2, 0.25) is 0 Å². The van der Waals surface area contributed by atoms with Gasteiger partial charge in [0.25, 0.3) is 0 Å². The molecule has 1 atom stereocenters. The molecule has 114 valence electrons. The number of hydrogen-bond acceptors (Lipinski definition) is 2. The molecule has 0 aromatic heterocycles. The number of anilines is 2. The zero-order valence-electron chi connectivity index (χ0n) is 13.6. The van der Waals surface area contributed by atoms with Crippen molar-refractivity contribution in [3.63, 3.8) is 0 Å². The molecule has 1 aromatic carbocycles. The molecule has 2 saturated heterocycles. The van der Waals surface area contributed by atoms with Crippen LogP contribution in [0.25, 0.3) is 0 Å². The normalized spacial score (nSPS) is 24.6. The molecule has 2 aliphatic rings. The third-order valence-corrected chi connectivity index (χ3v) is 5.05. The van der Waals surface area contributed by atoms with Crippen LogP contribution in [0.3, 0.4) is 0 Å². The SMILES string of the molecule is CC(C)C1C(=O)N(c2cccc(N3CCCC3)c2)C1(C)C. The van der Waals surface area contributed by atoms with Crippen molar-refractivity contribution in [1.82, 2.24) is 0 Å². The van der Waals surface area contributed by atoms with Crippen molar-refractivity contribution in [3.8, 4) is 0 Å². The third-order valence-electron chi connectivity index (χ3n) is 5.05. The highest BCUT2D eigenvalue weighted by Crippen LogP contribution is 2.45. The zero-order chi connectivity index (χ0) is 15.2. The topological polar surface area (TPSA) is 23.6 Å². The van der Waals surface area contributed by atoms with Crippen molar-refractivity contribution in [2.75, 3.05) is 22.9 Å². The molecule has 3 heteroatoms. The second-order valence-electron chi connectivity index (χ2n) is 7.26. The predicted octanol–water partition coefficient (Wildman–Crippen LogP) is 3.68. The molecule has 1 aromatic rings. The van der Waals surface area contributed by atoms with E-state index in [2.05, 4.69) is 56.9 Å². The van der Waals surface area contributed by atoms with Gasteiger partial charge in [0.15, 0.2) is 0 Å². The molecule has 2 heterocycles. The van der Waals surface area contributed by atoms with Crippen LogP contribution in [-0.4, -0.2) is 24.5 Å². The van der Waals surface area contributed by atoms with E-state index >= 15 is 0 Å². The average Bonchev–Trinajstić information content (AvgIpc) is 2.91. The Morgan fingerprint density at radius 1 is 1.14 bits per heavy atom. The van der Waals surface area contributed by atoms with Gasteiger partial charge in [0.1, 0.15) is 0 Å². The second-order valence-corrected chi connectivity index (χ2v) is 7.26. The fourth-order valence-corrected chi connectivity index (χ4v) is 4.16. The molecule has 1 amide bonds. The first kappa shape index (κ1) is 14.4. The van der Waals surface area contributed by atoms with E-state index in [1.807, 2.05) is 4.90 Å². The molecule has 2 aliphatic heterocycles. The molecule has 0 radical (unpaired) electrons. The first-order valence-electron chi connectivity index (χ1n) is 8.12. The van der Waals surface area contributed by atoms with Crippen LogP contribution in [0.5, 0.6) is 0 Å². The molecule has 3 rings (SSSR count). The summed E-state index contributed by atoms with van der Waals surface area (Å²) in [6, 6.07) is 8.48. The quantitative estimate of drug-likeness (QED) is 0.791. The van der Waals surface area contributed by atoms with Crippen molar-refractivity contribution in [3.05, 3.63) is 24.3 Å². The number of carbonyl (C=O) groups excluding carboxylic acids is 1. The Kier molecular flexibility index (Phi) is 3.46. The fourth-order valence-electron chi connectivity index (χ4n) is 4.16. The molecule has 3 nitrogen and oxygen atoms in total. The lowest BCUT2D eigenvalue weighted by Gasteiger charge is -2.55. The summed E-state index contributed by atoms with van der Waals surface area (Å²) >= 11 is 0. The van der Waals surface area contributed by atoms with E-state index in [4.69, 9.17) is 0 Å². The van der Waals surface area contributed by atoms with E-state index < -0.39 is 0 Å². The van der Waals surface area contributed by atoms with Gasteiger partial charge in [-0.3, -0.25) is 4.79 Å². The Labute approximate surface area is 127 Å². The number of carbonyl (C=O) groups is 1. The van der Waals surface area contributed by atoms with Gasteiger partial charge in [-0.1, -0.05) is 19.9 Å². The van der Waals surface area contributed by atoms with Crippen molar-refractivity contribution >= 4 is 17.3 Å². The summed E-state index contributed by atoms with van der Waals surface area (Å²) in [6.07, 6.45) is 2.54. The highest BCUT2D eigenvalue weighted by Gasteiger charge is 2.55. The summed E-state index contributed by atoms with van der Waals surface area (Å²) in [6.45, 7) is 10.9. The van der Waals surface area contributed by atoms with E-state index in [0.29, 0.717) is 5.92 Å². The number of benzene rings is 1. The van der Waals surface area contributed by atoms with Crippen molar-refractivity contribution < 1.29 is 4.79 Å². The van der Waals surface area contributed by atoms with Crippen LogP contribution >= 0.6 is 0 Å². The number of rotatable bonds is 3. The zero-order valence-corrected chi connectivity index (χ0v) is 13.6. The minimum absolute atomic E-state index is 0.0884. The van der Waals surface area contributed by atoms with E-state index in [1.165, 1.54) is 18.5 Å². The van der Waals surface area contributed by atoms with Gasteiger partial charge < -0.3 is 9.80 Å². The predicted molar refractivity (Wildman–Crippen MR) is 87.8 cm³/mol. The highest BCUT2D eigenvalue weighted by atomic mass is 16.2. The van der Waals surface area contributed by atoms with Crippen LogP contribution in [-0.2, 0) is 4.79 Å². The van der Waals surface area contributed by atoms with Crippen LogP contribution in [0.4, 0.5) is 11.4 Å². The second kappa shape index (κ2) is 5.04. The van der Waals surface area contributed by atoms with Crippen LogP contribution in [0.1, 0.15) is 40.5 Å². The molecule has 0 N–H and O–H groups in total. The smallest absolute Gasteiger partial charge is 0.233 e. The van der Waals surface area contributed by atoms with E-state index in [-0.39, 0.29) is 17.4 Å². The maximum atomic E-state index is 12.6. The maximum Gasteiger partial charge on any atom is 0.233 e. The first-order chi connectivity index (χ1) is 9.93. The summed E-state index contributed by atoms with van der Waals surface area (Å²) < 4.78 is 0.